The van der Waals surface area contributed by atoms with Gasteiger partial charge in [-0.05, 0) is 32.1 Å². The molecule has 4 heteroatoms. The molecular weight excluding hydrogens is 202 g/mol. The predicted molar refractivity (Wildman–Crippen MR) is 66.4 cm³/mol. The van der Waals surface area contributed by atoms with Gasteiger partial charge in [0.1, 0.15) is 5.75 Å². The molecule has 0 bridgehead atoms. The van der Waals surface area contributed by atoms with Crippen LogP contribution in [0.3, 0.4) is 0 Å². The van der Waals surface area contributed by atoms with Crippen LogP contribution in [0.15, 0.2) is 24.3 Å². The summed E-state index contributed by atoms with van der Waals surface area (Å²) in [5, 5.41) is 0. The van der Waals surface area contributed by atoms with E-state index in [0.717, 1.165) is 18.7 Å². The number of methoxy groups -OCH3 is 1. The maximum absolute atomic E-state index is 5.54. The van der Waals surface area contributed by atoms with Crippen LogP contribution in [0.1, 0.15) is 5.56 Å². The van der Waals surface area contributed by atoms with E-state index in [1.165, 1.54) is 5.56 Å². The van der Waals surface area contributed by atoms with E-state index >= 15 is 0 Å². The summed E-state index contributed by atoms with van der Waals surface area (Å²) in [5.74, 6) is 6.46. The van der Waals surface area contributed by atoms with Gasteiger partial charge in [0.05, 0.1) is 7.11 Å². The lowest BCUT2D eigenvalue weighted by Gasteiger charge is -2.21. The lowest BCUT2D eigenvalue weighted by atomic mass is 10.1. The molecule has 0 radical (unpaired) electrons. The molecular formula is C12H21N3O. The van der Waals surface area contributed by atoms with Gasteiger partial charge in [0.15, 0.2) is 0 Å². The van der Waals surface area contributed by atoms with Crippen molar-refractivity contribution in [1.29, 1.82) is 0 Å². The molecule has 0 amide bonds. The molecule has 16 heavy (non-hydrogen) atoms. The van der Waals surface area contributed by atoms with Crippen LogP contribution in [0.25, 0.3) is 0 Å². The van der Waals surface area contributed by atoms with E-state index in [9.17, 15) is 0 Å². The standard InChI is InChI=1S/C12H21N3O/c1-15(2)9-11(14-13)8-10-6-4-5-7-12(10)16-3/h4-7,11,14H,8-9,13H2,1-3H3. The van der Waals surface area contributed by atoms with Crippen LogP contribution in [0.2, 0.25) is 0 Å². The van der Waals surface area contributed by atoms with Crippen molar-refractivity contribution in [2.75, 3.05) is 27.7 Å². The highest BCUT2D eigenvalue weighted by atomic mass is 16.5. The maximum Gasteiger partial charge on any atom is 0.122 e. The zero-order valence-electron chi connectivity index (χ0n) is 10.2. The lowest BCUT2D eigenvalue weighted by molar-refractivity contribution is 0.334. The van der Waals surface area contributed by atoms with Gasteiger partial charge in [-0.15, -0.1) is 0 Å². The van der Waals surface area contributed by atoms with Gasteiger partial charge >= 0.3 is 0 Å². The van der Waals surface area contributed by atoms with Crippen LogP contribution >= 0.6 is 0 Å². The van der Waals surface area contributed by atoms with E-state index in [1.54, 1.807) is 7.11 Å². The fourth-order valence-electron chi connectivity index (χ4n) is 1.75. The average Bonchev–Trinajstić information content (AvgIpc) is 2.28. The summed E-state index contributed by atoms with van der Waals surface area (Å²) in [6.45, 7) is 0.897. The highest BCUT2D eigenvalue weighted by Crippen LogP contribution is 2.18. The summed E-state index contributed by atoms with van der Waals surface area (Å²) >= 11 is 0. The minimum Gasteiger partial charge on any atom is -0.496 e. The van der Waals surface area contributed by atoms with Crippen LogP contribution in [0.5, 0.6) is 5.75 Å². The van der Waals surface area contributed by atoms with Crippen LogP contribution in [0.4, 0.5) is 0 Å². The van der Waals surface area contributed by atoms with E-state index in [2.05, 4.69) is 16.4 Å². The van der Waals surface area contributed by atoms with Crippen molar-refractivity contribution in [1.82, 2.24) is 10.3 Å². The molecule has 0 spiro atoms. The number of hydrazine groups is 1. The van der Waals surface area contributed by atoms with Crippen molar-refractivity contribution >= 4 is 0 Å². The SMILES string of the molecule is COc1ccccc1CC(CN(C)C)NN. The second kappa shape index (κ2) is 6.48. The maximum atomic E-state index is 5.54. The van der Waals surface area contributed by atoms with Crippen molar-refractivity contribution in [3.63, 3.8) is 0 Å². The summed E-state index contributed by atoms with van der Waals surface area (Å²) < 4.78 is 5.31. The van der Waals surface area contributed by atoms with Gasteiger partial charge in [0, 0.05) is 12.6 Å². The average molecular weight is 223 g/mol. The topological polar surface area (TPSA) is 50.5 Å². The van der Waals surface area contributed by atoms with E-state index in [4.69, 9.17) is 10.6 Å². The van der Waals surface area contributed by atoms with Crippen molar-refractivity contribution < 1.29 is 4.74 Å². The van der Waals surface area contributed by atoms with Crippen molar-refractivity contribution in [3.8, 4) is 5.75 Å². The van der Waals surface area contributed by atoms with E-state index in [0.29, 0.717) is 0 Å². The summed E-state index contributed by atoms with van der Waals surface area (Å²) in [6.07, 6.45) is 0.860. The first-order chi connectivity index (χ1) is 7.67. The lowest BCUT2D eigenvalue weighted by Crippen LogP contribution is -2.43. The first-order valence-corrected chi connectivity index (χ1v) is 5.40. The smallest absolute Gasteiger partial charge is 0.122 e. The predicted octanol–water partition coefficient (Wildman–Crippen LogP) is 0.631. The Balaban J connectivity index is 2.69. The Hall–Kier alpha value is -1.10. The summed E-state index contributed by atoms with van der Waals surface area (Å²) in [5.41, 5.74) is 4.01. The van der Waals surface area contributed by atoms with Crippen LogP contribution < -0.4 is 16.0 Å². The monoisotopic (exact) mass is 223 g/mol. The summed E-state index contributed by atoms with van der Waals surface area (Å²) in [6, 6.07) is 8.25. The van der Waals surface area contributed by atoms with E-state index < -0.39 is 0 Å². The molecule has 0 aliphatic rings. The van der Waals surface area contributed by atoms with Crippen LogP contribution in [-0.2, 0) is 6.42 Å². The van der Waals surface area contributed by atoms with Crippen LogP contribution in [-0.4, -0.2) is 38.7 Å². The highest BCUT2D eigenvalue weighted by molar-refractivity contribution is 5.33. The third kappa shape index (κ3) is 3.81. The van der Waals surface area contributed by atoms with Gasteiger partial charge in [-0.3, -0.25) is 11.3 Å². The normalized spacial score (nSPS) is 12.8. The fraction of sp³-hybridized carbons (Fsp3) is 0.500. The molecule has 0 saturated heterocycles. The third-order valence-electron chi connectivity index (χ3n) is 2.48. The van der Waals surface area contributed by atoms with Crippen LogP contribution in [0, 0.1) is 0 Å². The van der Waals surface area contributed by atoms with Gasteiger partial charge < -0.3 is 9.64 Å². The first kappa shape index (κ1) is 13.0. The number of benzene rings is 1. The van der Waals surface area contributed by atoms with Crippen molar-refractivity contribution in [3.05, 3.63) is 29.8 Å². The Bertz CT molecular complexity index is 315. The first-order valence-electron chi connectivity index (χ1n) is 5.40. The Morgan fingerprint density at radius 1 is 1.38 bits per heavy atom. The van der Waals surface area contributed by atoms with Gasteiger partial charge in [-0.2, -0.15) is 0 Å². The number of hydrogen-bond acceptors (Lipinski definition) is 4. The molecule has 1 aromatic rings. The summed E-state index contributed by atoms with van der Waals surface area (Å²) in [4.78, 5) is 2.11. The number of nitrogens with one attached hydrogen (secondary N) is 1. The molecule has 4 nitrogen and oxygen atoms in total. The number of hydrogen-bond donors (Lipinski definition) is 2. The summed E-state index contributed by atoms with van der Waals surface area (Å²) in [7, 11) is 5.76. The van der Waals surface area contributed by atoms with E-state index in [1.807, 2.05) is 32.3 Å². The highest BCUT2D eigenvalue weighted by Gasteiger charge is 2.11. The molecule has 1 unspecified atom stereocenters. The zero-order valence-corrected chi connectivity index (χ0v) is 10.2. The number of ether oxygens (including phenoxy) is 1. The molecule has 90 valence electrons. The molecule has 0 fully saturated rings. The zero-order chi connectivity index (χ0) is 12.0. The van der Waals surface area contributed by atoms with Gasteiger partial charge in [0.2, 0.25) is 0 Å². The van der Waals surface area contributed by atoms with Gasteiger partial charge in [-0.25, -0.2) is 0 Å². The van der Waals surface area contributed by atoms with E-state index in [-0.39, 0.29) is 6.04 Å². The number of para-hydroxylation sites is 1. The molecule has 1 aromatic carbocycles. The van der Waals surface area contributed by atoms with Crippen molar-refractivity contribution in [2.45, 2.75) is 12.5 Å². The number of nitrogens with zero attached hydrogens (tertiary/aromatic N) is 1. The number of nitrogens with two attached hydrogens (primary N) is 1. The van der Waals surface area contributed by atoms with Crippen molar-refractivity contribution in [2.24, 2.45) is 5.84 Å². The molecule has 1 atom stereocenters. The molecule has 3 N–H and O–H groups in total. The fourth-order valence-corrected chi connectivity index (χ4v) is 1.75. The largest absolute Gasteiger partial charge is 0.496 e. The molecule has 0 aliphatic heterocycles. The Morgan fingerprint density at radius 2 is 2.06 bits per heavy atom. The van der Waals surface area contributed by atoms with Gasteiger partial charge in [-0.1, -0.05) is 18.2 Å². The Labute approximate surface area is 97.4 Å². The molecule has 1 rings (SSSR count). The van der Waals surface area contributed by atoms with Gasteiger partial charge in [0.25, 0.3) is 0 Å². The second-order valence-electron chi connectivity index (χ2n) is 4.14. The quantitative estimate of drug-likeness (QED) is 0.548. The Kier molecular flexibility index (Phi) is 5.25. The minimum absolute atomic E-state index is 0.228. The molecule has 0 saturated carbocycles. The number of likely N-dealkylation sites (N-methyl/N-ethyl adjacent to an activating group) is 1. The molecule has 0 heterocycles. The minimum atomic E-state index is 0.228. The Morgan fingerprint density at radius 3 is 2.62 bits per heavy atom. The molecule has 0 aromatic heterocycles. The number of rotatable bonds is 6. The third-order valence-corrected chi connectivity index (χ3v) is 2.48. The second-order valence-corrected chi connectivity index (χ2v) is 4.14. The molecule has 0 aliphatic carbocycles.